The van der Waals surface area contributed by atoms with Gasteiger partial charge in [-0.05, 0) is 41.8 Å². The molecule has 0 aliphatic carbocycles. The summed E-state index contributed by atoms with van der Waals surface area (Å²) in [4.78, 5) is 23.2. The molecule has 1 amide bonds. The highest BCUT2D eigenvalue weighted by Gasteiger charge is 2.25. The molecule has 0 spiro atoms. The zero-order chi connectivity index (χ0) is 19.1. The largest absolute Gasteiger partial charge is 0.497 e. The maximum Gasteiger partial charge on any atom is 0.475 e. The zero-order valence-corrected chi connectivity index (χ0v) is 14.3. The van der Waals surface area contributed by atoms with Gasteiger partial charge in [0.1, 0.15) is 5.75 Å². The van der Waals surface area contributed by atoms with Gasteiger partial charge in [0.25, 0.3) is 0 Å². The van der Waals surface area contributed by atoms with Crippen molar-refractivity contribution in [2.45, 2.75) is 18.8 Å². The second-order valence-corrected chi connectivity index (χ2v) is 5.82. The molecule has 2 aromatic rings. The Bertz CT molecular complexity index is 763. The Morgan fingerprint density at radius 2 is 1.81 bits per heavy atom. The maximum absolute atomic E-state index is 12.2. The van der Waals surface area contributed by atoms with Crippen LogP contribution in [0, 0.1) is 0 Å². The number of rotatable bonds is 8. The quantitative estimate of drug-likeness (QED) is 0.516. The van der Waals surface area contributed by atoms with Gasteiger partial charge >= 0.3 is 13.1 Å². The van der Waals surface area contributed by atoms with E-state index in [2.05, 4.69) is 5.32 Å². The predicted octanol–water partition coefficient (Wildman–Crippen LogP) is 0.675. The molecule has 136 valence electrons. The van der Waals surface area contributed by atoms with Crippen LogP contribution in [-0.2, 0) is 17.6 Å². The van der Waals surface area contributed by atoms with Gasteiger partial charge in [-0.15, -0.1) is 0 Å². The monoisotopic (exact) mass is 357 g/mol. The van der Waals surface area contributed by atoms with E-state index in [0.717, 1.165) is 5.56 Å². The Balaban J connectivity index is 2.01. The number of amides is 1. The summed E-state index contributed by atoms with van der Waals surface area (Å²) in [7, 11) is -0.225. The Kier molecular flexibility index (Phi) is 6.77. The Labute approximate surface area is 151 Å². The summed E-state index contributed by atoms with van der Waals surface area (Å²) in [6.45, 7) is 0. The summed E-state index contributed by atoms with van der Waals surface area (Å²) in [5, 5.41) is 30.7. The van der Waals surface area contributed by atoms with Crippen LogP contribution in [0.5, 0.6) is 5.75 Å². The molecule has 1 atom stereocenters. The minimum Gasteiger partial charge on any atom is -0.497 e. The number of carbonyl (C=O) groups excluding carboxylic acids is 1. The van der Waals surface area contributed by atoms with Gasteiger partial charge in [-0.2, -0.15) is 0 Å². The molecule has 0 radical (unpaired) electrons. The minimum absolute atomic E-state index is 0.0718. The van der Waals surface area contributed by atoms with E-state index < -0.39 is 19.0 Å². The molecular formula is C18H20BNO6. The normalized spacial score (nSPS) is 11.5. The number of carboxylic acids is 1. The molecule has 7 nitrogen and oxygen atoms in total. The number of carboxylic acid groups (broad SMARTS) is 1. The molecule has 0 saturated heterocycles. The number of methoxy groups -OCH3 is 1. The Morgan fingerprint density at radius 3 is 2.38 bits per heavy atom. The number of hydrogen-bond acceptors (Lipinski definition) is 5. The second-order valence-electron chi connectivity index (χ2n) is 5.82. The van der Waals surface area contributed by atoms with Crippen LogP contribution in [0.1, 0.15) is 21.5 Å². The summed E-state index contributed by atoms with van der Waals surface area (Å²) in [5.41, 5.74) is 1.42. The average molecular weight is 357 g/mol. The van der Waals surface area contributed by atoms with Crippen molar-refractivity contribution in [3.05, 3.63) is 65.2 Å². The summed E-state index contributed by atoms with van der Waals surface area (Å²) in [6.07, 6.45) is 0.162. The Morgan fingerprint density at radius 1 is 1.12 bits per heavy atom. The third-order valence-corrected chi connectivity index (χ3v) is 3.86. The topological polar surface area (TPSA) is 116 Å². The molecule has 0 aliphatic rings. The SMILES string of the molecule is COc1ccc(CC(=O)NC(Cc2cccc(C(=O)O)c2)B(O)O)cc1. The highest BCUT2D eigenvalue weighted by Crippen LogP contribution is 2.12. The molecule has 2 rings (SSSR count). The van der Waals surface area contributed by atoms with E-state index in [1.807, 2.05) is 0 Å². The fraction of sp³-hybridized carbons (Fsp3) is 0.222. The van der Waals surface area contributed by atoms with Gasteiger partial charge in [-0.25, -0.2) is 4.79 Å². The molecule has 0 aromatic heterocycles. The molecule has 0 aliphatic heterocycles. The molecule has 1 unspecified atom stereocenters. The van der Waals surface area contributed by atoms with Gasteiger partial charge in [0.05, 0.1) is 25.0 Å². The molecule has 0 heterocycles. The zero-order valence-electron chi connectivity index (χ0n) is 14.3. The number of ether oxygens (including phenoxy) is 1. The van der Waals surface area contributed by atoms with Crippen molar-refractivity contribution in [3.8, 4) is 5.75 Å². The van der Waals surface area contributed by atoms with E-state index in [-0.39, 0.29) is 24.3 Å². The van der Waals surface area contributed by atoms with Crippen molar-refractivity contribution < 1.29 is 29.5 Å². The third-order valence-electron chi connectivity index (χ3n) is 3.86. The predicted molar refractivity (Wildman–Crippen MR) is 95.9 cm³/mol. The fourth-order valence-electron chi connectivity index (χ4n) is 2.50. The van der Waals surface area contributed by atoms with Gasteiger partial charge in [-0.1, -0.05) is 24.3 Å². The Hall–Kier alpha value is -2.84. The number of hydrogen-bond donors (Lipinski definition) is 4. The molecule has 0 bridgehead atoms. The van der Waals surface area contributed by atoms with Crippen molar-refractivity contribution in [1.82, 2.24) is 5.32 Å². The van der Waals surface area contributed by atoms with Crippen LogP contribution in [0.15, 0.2) is 48.5 Å². The third kappa shape index (κ3) is 5.61. The van der Waals surface area contributed by atoms with Crippen molar-refractivity contribution in [2.24, 2.45) is 0 Å². The smallest absolute Gasteiger partial charge is 0.475 e. The fourth-order valence-corrected chi connectivity index (χ4v) is 2.50. The van der Waals surface area contributed by atoms with E-state index in [1.165, 1.54) is 12.1 Å². The van der Waals surface area contributed by atoms with Gasteiger partial charge in [0.2, 0.25) is 5.91 Å². The number of carbonyl (C=O) groups is 2. The maximum atomic E-state index is 12.2. The van der Waals surface area contributed by atoms with E-state index in [0.29, 0.717) is 11.3 Å². The summed E-state index contributed by atoms with van der Waals surface area (Å²) in [5.74, 6) is -1.72. The second kappa shape index (κ2) is 9.03. The molecule has 8 heteroatoms. The van der Waals surface area contributed by atoms with Gasteiger partial charge < -0.3 is 25.2 Å². The lowest BCUT2D eigenvalue weighted by Gasteiger charge is -2.18. The van der Waals surface area contributed by atoms with Gasteiger partial charge in [0.15, 0.2) is 0 Å². The van der Waals surface area contributed by atoms with Crippen molar-refractivity contribution >= 4 is 19.0 Å². The highest BCUT2D eigenvalue weighted by atomic mass is 16.5. The van der Waals surface area contributed by atoms with Crippen LogP contribution in [0.2, 0.25) is 0 Å². The molecular weight excluding hydrogens is 337 g/mol. The van der Waals surface area contributed by atoms with Crippen LogP contribution in [0.4, 0.5) is 0 Å². The first kappa shape index (κ1) is 19.5. The summed E-state index contributed by atoms with van der Waals surface area (Å²) < 4.78 is 5.05. The molecule has 2 aromatic carbocycles. The first-order valence-corrected chi connectivity index (χ1v) is 7.99. The van der Waals surface area contributed by atoms with E-state index >= 15 is 0 Å². The van der Waals surface area contributed by atoms with Crippen LogP contribution < -0.4 is 10.1 Å². The van der Waals surface area contributed by atoms with Gasteiger partial charge in [-0.3, -0.25) is 4.79 Å². The van der Waals surface area contributed by atoms with E-state index in [4.69, 9.17) is 9.84 Å². The summed E-state index contributed by atoms with van der Waals surface area (Å²) >= 11 is 0. The first-order chi connectivity index (χ1) is 12.4. The first-order valence-electron chi connectivity index (χ1n) is 7.99. The lowest BCUT2D eigenvalue weighted by atomic mass is 9.75. The molecule has 0 fully saturated rings. The number of nitrogens with one attached hydrogen (secondary N) is 1. The molecule has 26 heavy (non-hydrogen) atoms. The van der Waals surface area contributed by atoms with Crippen LogP contribution >= 0.6 is 0 Å². The number of benzene rings is 2. The van der Waals surface area contributed by atoms with E-state index in [9.17, 15) is 19.6 Å². The molecule has 4 N–H and O–H groups in total. The van der Waals surface area contributed by atoms with Crippen LogP contribution in [0.25, 0.3) is 0 Å². The van der Waals surface area contributed by atoms with Crippen molar-refractivity contribution in [1.29, 1.82) is 0 Å². The van der Waals surface area contributed by atoms with Crippen molar-refractivity contribution in [2.75, 3.05) is 7.11 Å². The number of aromatic carboxylic acids is 1. The standard InChI is InChI=1S/C18H20BNO6/c1-26-15-7-5-12(6-8-15)11-17(21)20-16(19(24)25)10-13-3-2-4-14(9-13)18(22)23/h2-9,16,24-25H,10-11H2,1H3,(H,20,21)(H,22,23). The van der Waals surface area contributed by atoms with Gasteiger partial charge in [0, 0.05) is 0 Å². The lowest BCUT2D eigenvalue weighted by Crippen LogP contribution is -2.48. The molecule has 0 saturated carbocycles. The van der Waals surface area contributed by atoms with Crippen LogP contribution in [0.3, 0.4) is 0 Å². The van der Waals surface area contributed by atoms with Crippen molar-refractivity contribution in [3.63, 3.8) is 0 Å². The van der Waals surface area contributed by atoms with Crippen LogP contribution in [-0.4, -0.2) is 47.2 Å². The summed E-state index contributed by atoms with van der Waals surface area (Å²) in [6, 6.07) is 13.1. The minimum atomic E-state index is -1.77. The highest BCUT2D eigenvalue weighted by molar-refractivity contribution is 6.43. The van der Waals surface area contributed by atoms with E-state index in [1.54, 1.807) is 43.5 Å². The lowest BCUT2D eigenvalue weighted by molar-refractivity contribution is -0.120. The average Bonchev–Trinajstić information content (AvgIpc) is 2.62.